The summed E-state index contributed by atoms with van der Waals surface area (Å²) in [5.41, 5.74) is 0. The highest BCUT2D eigenvalue weighted by Crippen LogP contribution is 2.46. The second-order valence-electron chi connectivity index (χ2n) is 2.90. The molecule has 0 saturated heterocycles. The van der Waals surface area contributed by atoms with Gasteiger partial charge in [0.2, 0.25) is 0 Å². The molecule has 3 nitrogen and oxygen atoms in total. The van der Waals surface area contributed by atoms with Gasteiger partial charge in [-0.05, 0) is 12.1 Å². The van der Waals surface area contributed by atoms with E-state index in [0.29, 0.717) is 0 Å². The van der Waals surface area contributed by atoms with Crippen LogP contribution in [0.15, 0.2) is 30.3 Å². The maximum absolute atomic E-state index is 11.9. The number of alkyl halides is 3. The average Bonchev–Trinajstić information content (AvgIpc) is 2.26. The lowest BCUT2D eigenvalue weighted by Gasteiger charge is -2.17. The van der Waals surface area contributed by atoms with E-state index in [9.17, 15) is 17.7 Å². The topological polar surface area (TPSA) is 35.5 Å². The van der Waals surface area contributed by atoms with Crippen LogP contribution in [-0.2, 0) is 13.6 Å². The molecular formula is C9H10F3O3P. The van der Waals surface area contributed by atoms with Crippen LogP contribution in [-0.4, -0.2) is 19.9 Å². The molecule has 0 aliphatic rings. The van der Waals surface area contributed by atoms with E-state index in [1.165, 1.54) is 24.3 Å². The van der Waals surface area contributed by atoms with Gasteiger partial charge in [0.15, 0.2) is 6.61 Å². The highest BCUT2D eigenvalue weighted by molar-refractivity contribution is 7.62. The summed E-state index contributed by atoms with van der Waals surface area (Å²) in [6.45, 7) is -1.60. The summed E-state index contributed by atoms with van der Waals surface area (Å²) in [5, 5.41) is 0.0988. The molecule has 7 heteroatoms. The minimum atomic E-state index is -4.54. The van der Waals surface area contributed by atoms with E-state index in [1.807, 2.05) is 0 Å². The van der Waals surface area contributed by atoms with Crippen LogP contribution in [0.25, 0.3) is 0 Å². The van der Waals surface area contributed by atoms with Crippen LogP contribution in [0, 0.1) is 0 Å². The van der Waals surface area contributed by atoms with Crippen LogP contribution < -0.4 is 5.30 Å². The van der Waals surface area contributed by atoms with Gasteiger partial charge in [-0.15, -0.1) is 0 Å². The van der Waals surface area contributed by atoms with Crippen molar-refractivity contribution in [3.05, 3.63) is 30.3 Å². The van der Waals surface area contributed by atoms with Gasteiger partial charge in [-0.1, -0.05) is 18.2 Å². The molecule has 1 aromatic rings. The molecule has 0 N–H and O–H groups in total. The molecule has 0 heterocycles. The van der Waals surface area contributed by atoms with E-state index in [-0.39, 0.29) is 5.30 Å². The first-order valence-corrected chi connectivity index (χ1v) is 5.84. The molecule has 1 aromatic carbocycles. The summed E-state index contributed by atoms with van der Waals surface area (Å²) in [7, 11) is -2.82. The zero-order chi connectivity index (χ0) is 12.2. The second-order valence-corrected chi connectivity index (χ2v) is 5.04. The molecule has 0 aliphatic heterocycles. The predicted octanol–water partition coefficient (Wildman–Crippen LogP) is 2.73. The van der Waals surface area contributed by atoms with Crippen molar-refractivity contribution in [3.63, 3.8) is 0 Å². The first-order chi connectivity index (χ1) is 7.37. The number of hydrogen-bond donors (Lipinski definition) is 0. The van der Waals surface area contributed by atoms with Crippen molar-refractivity contribution in [2.75, 3.05) is 13.7 Å². The molecule has 0 amide bonds. The molecule has 90 valence electrons. The smallest absolute Gasteiger partial charge is 0.309 e. The maximum Gasteiger partial charge on any atom is 0.412 e. The molecule has 0 radical (unpaired) electrons. The Morgan fingerprint density at radius 1 is 1.25 bits per heavy atom. The largest absolute Gasteiger partial charge is 0.412 e. The Labute approximate surface area is 90.7 Å². The monoisotopic (exact) mass is 254 g/mol. The van der Waals surface area contributed by atoms with Gasteiger partial charge in [0.1, 0.15) is 0 Å². The minimum absolute atomic E-state index is 0.0988. The predicted molar refractivity (Wildman–Crippen MR) is 52.7 cm³/mol. The van der Waals surface area contributed by atoms with Gasteiger partial charge in [0.25, 0.3) is 0 Å². The molecule has 0 saturated carbocycles. The van der Waals surface area contributed by atoms with Crippen LogP contribution in [0.3, 0.4) is 0 Å². The number of halogens is 3. The highest BCUT2D eigenvalue weighted by Gasteiger charge is 2.35. The third-order valence-electron chi connectivity index (χ3n) is 1.71. The molecule has 1 atom stereocenters. The molecular weight excluding hydrogens is 244 g/mol. The SMILES string of the molecule is COP(=O)(OCC(F)(F)F)c1ccccc1. The molecule has 0 aliphatic carbocycles. The molecule has 16 heavy (non-hydrogen) atoms. The number of benzene rings is 1. The Morgan fingerprint density at radius 3 is 2.25 bits per heavy atom. The van der Waals surface area contributed by atoms with Crippen LogP contribution >= 0.6 is 7.60 Å². The zero-order valence-corrected chi connectivity index (χ0v) is 9.29. The van der Waals surface area contributed by atoms with Gasteiger partial charge >= 0.3 is 13.8 Å². The van der Waals surface area contributed by atoms with Crippen molar-refractivity contribution in [1.29, 1.82) is 0 Å². The van der Waals surface area contributed by atoms with E-state index in [2.05, 4.69) is 9.05 Å². The van der Waals surface area contributed by atoms with Gasteiger partial charge in [0.05, 0.1) is 5.30 Å². The quantitative estimate of drug-likeness (QED) is 0.775. The lowest BCUT2D eigenvalue weighted by molar-refractivity contribution is -0.154. The minimum Gasteiger partial charge on any atom is -0.309 e. The zero-order valence-electron chi connectivity index (χ0n) is 8.40. The summed E-state index contributed by atoms with van der Waals surface area (Å²) < 4.78 is 56.6. The van der Waals surface area contributed by atoms with Gasteiger partial charge in [-0.2, -0.15) is 13.2 Å². The van der Waals surface area contributed by atoms with Gasteiger partial charge in [-0.25, -0.2) is 0 Å². The van der Waals surface area contributed by atoms with Crippen LogP contribution in [0.1, 0.15) is 0 Å². The Hall–Kier alpha value is -0.840. The fourth-order valence-electron chi connectivity index (χ4n) is 1.00. The van der Waals surface area contributed by atoms with Crippen LogP contribution in [0.4, 0.5) is 13.2 Å². The first-order valence-electron chi connectivity index (χ1n) is 4.30. The maximum atomic E-state index is 11.9. The summed E-state index contributed by atoms with van der Waals surface area (Å²) >= 11 is 0. The van der Waals surface area contributed by atoms with E-state index >= 15 is 0 Å². The van der Waals surface area contributed by atoms with E-state index in [1.54, 1.807) is 6.07 Å². The molecule has 0 aromatic heterocycles. The molecule has 0 fully saturated rings. The van der Waals surface area contributed by atoms with E-state index in [4.69, 9.17) is 0 Å². The first kappa shape index (κ1) is 13.2. The van der Waals surface area contributed by atoms with Crippen molar-refractivity contribution in [1.82, 2.24) is 0 Å². The highest BCUT2D eigenvalue weighted by atomic mass is 31.2. The Bertz CT molecular complexity index is 377. The molecule has 0 spiro atoms. The lowest BCUT2D eigenvalue weighted by Crippen LogP contribution is -2.19. The van der Waals surface area contributed by atoms with E-state index < -0.39 is 20.4 Å². The summed E-state index contributed by atoms with van der Waals surface area (Å²) in [5.74, 6) is 0. The second kappa shape index (κ2) is 4.99. The summed E-state index contributed by atoms with van der Waals surface area (Å²) in [6, 6.07) is 7.50. The lowest BCUT2D eigenvalue weighted by atomic mass is 10.4. The third kappa shape index (κ3) is 3.63. The fourth-order valence-corrected chi connectivity index (χ4v) is 2.32. The molecule has 1 unspecified atom stereocenters. The normalized spacial score (nSPS) is 15.8. The van der Waals surface area contributed by atoms with Gasteiger partial charge in [-0.3, -0.25) is 9.09 Å². The third-order valence-corrected chi connectivity index (χ3v) is 3.59. The van der Waals surface area contributed by atoms with Gasteiger partial charge < -0.3 is 4.52 Å². The fraction of sp³-hybridized carbons (Fsp3) is 0.333. The van der Waals surface area contributed by atoms with E-state index in [0.717, 1.165) is 7.11 Å². The Balaban J connectivity index is 2.83. The Morgan fingerprint density at radius 2 is 1.81 bits per heavy atom. The van der Waals surface area contributed by atoms with Crippen molar-refractivity contribution in [2.45, 2.75) is 6.18 Å². The standard InChI is InChI=1S/C9H10F3O3P/c1-14-16(13,15-7-9(10,11)12)8-5-3-2-4-6-8/h2-6H,7H2,1H3. The van der Waals surface area contributed by atoms with Crippen molar-refractivity contribution in [2.24, 2.45) is 0 Å². The van der Waals surface area contributed by atoms with Crippen molar-refractivity contribution in [3.8, 4) is 0 Å². The average molecular weight is 254 g/mol. The van der Waals surface area contributed by atoms with Crippen molar-refractivity contribution >= 4 is 12.9 Å². The van der Waals surface area contributed by atoms with Gasteiger partial charge in [0, 0.05) is 7.11 Å². The van der Waals surface area contributed by atoms with Crippen LogP contribution in [0.5, 0.6) is 0 Å². The molecule has 0 bridgehead atoms. The summed E-state index contributed by atoms with van der Waals surface area (Å²) in [4.78, 5) is 0. The van der Waals surface area contributed by atoms with Crippen LogP contribution in [0.2, 0.25) is 0 Å². The number of hydrogen-bond acceptors (Lipinski definition) is 3. The van der Waals surface area contributed by atoms with Crippen molar-refractivity contribution < 1.29 is 26.8 Å². The Kier molecular flexibility index (Phi) is 4.13. The number of rotatable bonds is 4. The summed E-state index contributed by atoms with van der Waals surface area (Å²) in [6.07, 6.45) is -4.54. The molecule has 1 rings (SSSR count).